The number of nitrogens with zero attached hydrogens (tertiary/aromatic N) is 2. The molecule has 1 fully saturated rings. The standard InChI is InChI=1S/C30H30N2O2/c1-23(34-28-18-10-16-24-11-8-9-17-27(24)28)30(33)32-21-19-31(20-22-32)29(25-12-4-2-5-13-25)26-14-6-3-7-15-26/h2-18,23,29H,19-22H2,1H3. The van der Waals surface area contributed by atoms with Crippen molar-refractivity contribution in [3.05, 3.63) is 114 Å². The first kappa shape index (κ1) is 22.2. The van der Waals surface area contributed by atoms with Gasteiger partial charge in [-0.15, -0.1) is 0 Å². The van der Waals surface area contributed by atoms with Crippen LogP contribution in [0.2, 0.25) is 0 Å². The molecule has 1 amide bonds. The lowest BCUT2D eigenvalue weighted by molar-refractivity contribution is -0.139. The van der Waals surface area contributed by atoms with Crippen molar-refractivity contribution < 1.29 is 9.53 Å². The number of ether oxygens (including phenoxy) is 1. The van der Waals surface area contributed by atoms with Crippen molar-refractivity contribution >= 4 is 16.7 Å². The van der Waals surface area contributed by atoms with E-state index >= 15 is 0 Å². The summed E-state index contributed by atoms with van der Waals surface area (Å²) in [7, 11) is 0. The molecule has 4 aromatic carbocycles. The molecule has 1 aliphatic heterocycles. The van der Waals surface area contributed by atoms with Crippen molar-refractivity contribution in [3.8, 4) is 5.75 Å². The predicted molar refractivity (Wildman–Crippen MR) is 137 cm³/mol. The average Bonchev–Trinajstić information content (AvgIpc) is 2.90. The van der Waals surface area contributed by atoms with Crippen molar-refractivity contribution in [2.45, 2.75) is 19.1 Å². The van der Waals surface area contributed by atoms with Gasteiger partial charge in [0.1, 0.15) is 5.75 Å². The van der Waals surface area contributed by atoms with E-state index in [4.69, 9.17) is 4.74 Å². The van der Waals surface area contributed by atoms with Crippen molar-refractivity contribution in [2.24, 2.45) is 0 Å². The van der Waals surface area contributed by atoms with E-state index in [9.17, 15) is 4.79 Å². The second-order valence-corrected chi connectivity index (χ2v) is 8.82. The van der Waals surface area contributed by atoms with Gasteiger partial charge in [0.2, 0.25) is 0 Å². The lowest BCUT2D eigenvalue weighted by atomic mass is 9.96. The lowest BCUT2D eigenvalue weighted by Crippen LogP contribution is -2.52. The minimum absolute atomic E-state index is 0.0450. The molecule has 0 saturated carbocycles. The summed E-state index contributed by atoms with van der Waals surface area (Å²) in [5, 5.41) is 2.14. The molecule has 0 aromatic heterocycles. The molecule has 1 aliphatic rings. The monoisotopic (exact) mass is 450 g/mol. The van der Waals surface area contributed by atoms with Gasteiger partial charge in [0.05, 0.1) is 6.04 Å². The molecule has 4 heteroatoms. The zero-order valence-corrected chi connectivity index (χ0v) is 19.5. The fraction of sp³-hybridized carbons (Fsp3) is 0.233. The Morgan fingerprint density at radius 2 is 1.26 bits per heavy atom. The van der Waals surface area contributed by atoms with E-state index in [0.717, 1.165) is 29.6 Å². The molecule has 1 heterocycles. The molecule has 172 valence electrons. The van der Waals surface area contributed by atoms with E-state index in [1.807, 2.05) is 42.2 Å². The number of piperazine rings is 1. The van der Waals surface area contributed by atoms with Gasteiger partial charge in [0.25, 0.3) is 5.91 Å². The predicted octanol–water partition coefficient (Wildman–Crippen LogP) is 5.54. The number of amides is 1. The molecule has 0 N–H and O–H groups in total. The summed E-state index contributed by atoms with van der Waals surface area (Å²) in [6.45, 7) is 4.88. The highest BCUT2D eigenvalue weighted by molar-refractivity contribution is 5.89. The fourth-order valence-electron chi connectivity index (χ4n) is 4.88. The molecule has 1 atom stereocenters. The Morgan fingerprint density at radius 3 is 1.91 bits per heavy atom. The normalized spacial score (nSPS) is 15.4. The molecule has 0 spiro atoms. The van der Waals surface area contributed by atoms with Crippen LogP contribution in [0.15, 0.2) is 103 Å². The first-order valence-electron chi connectivity index (χ1n) is 12.0. The topological polar surface area (TPSA) is 32.8 Å². The molecular formula is C30H30N2O2. The zero-order chi connectivity index (χ0) is 23.3. The number of rotatable bonds is 6. The van der Waals surface area contributed by atoms with Gasteiger partial charge < -0.3 is 9.64 Å². The number of hydrogen-bond acceptors (Lipinski definition) is 3. The van der Waals surface area contributed by atoms with E-state index < -0.39 is 6.10 Å². The molecule has 1 saturated heterocycles. The Bertz CT molecular complexity index is 1190. The van der Waals surface area contributed by atoms with Gasteiger partial charge in [0, 0.05) is 31.6 Å². The molecule has 0 aliphatic carbocycles. The quantitative estimate of drug-likeness (QED) is 0.387. The van der Waals surface area contributed by atoms with E-state index in [2.05, 4.69) is 77.7 Å². The molecule has 0 bridgehead atoms. The highest BCUT2D eigenvalue weighted by Gasteiger charge is 2.30. The van der Waals surface area contributed by atoms with Gasteiger partial charge in [-0.1, -0.05) is 97.1 Å². The highest BCUT2D eigenvalue weighted by Crippen LogP contribution is 2.30. The van der Waals surface area contributed by atoms with Crippen LogP contribution >= 0.6 is 0 Å². The smallest absolute Gasteiger partial charge is 0.263 e. The minimum Gasteiger partial charge on any atom is -0.480 e. The van der Waals surface area contributed by atoms with E-state index in [1.54, 1.807) is 0 Å². The van der Waals surface area contributed by atoms with Crippen LogP contribution < -0.4 is 4.74 Å². The lowest BCUT2D eigenvalue weighted by Gasteiger charge is -2.40. The zero-order valence-electron chi connectivity index (χ0n) is 19.5. The molecule has 4 nitrogen and oxygen atoms in total. The van der Waals surface area contributed by atoms with Gasteiger partial charge in [-0.05, 0) is 29.5 Å². The molecular weight excluding hydrogens is 420 g/mol. The summed E-state index contributed by atoms with van der Waals surface area (Å²) in [6, 6.07) is 35.5. The van der Waals surface area contributed by atoms with Crippen LogP contribution in [0.4, 0.5) is 0 Å². The maximum Gasteiger partial charge on any atom is 0.263 e. The van der Waals surface area contributed by atoms with E-state index in [1.165, 1.54) is 11.1 Å². The Balaban J connectivity index is 1.27. The SMILES string of the molecule is CC(Oc1cccc2ccccc12)C(=O)N1CCN(C(c2ccccc2)c2ccccc2)CC1. The van der Waals surface area contributed by atoms with E-state index in [-0.39, 0.29) is 11.9 Å². The van der Waals surface area contributed by atoms with Crippen LogP contribution in [0.3, 0.4) is 0 Å². The summed E-state index contributed by atoms with van der Waals surface area (Å²) >= 11 is 0. The summed E-state index contributed by atoms with van der Waals surface area (Å²) in [5.41, 5.74) is 2.56. The average molecular weight is 451 g/mol. The second-order valence-electron chi connectivity index (χ2n) is 8.82. The van der Waals surface area contributed by atoms with Crippen molar-refractivity contribution in [1.29, 1.82) is 0 Å². The van der Waals surface area contributed by atoms with Crippen LogP contribution in [0.1, 0.15) is 24.1 Å². The second kappa shape index (κ2) is 10.1. The number of benzene rings is 4. The largest absolute Gasteiger partial charge is 0.480 e. The summed E-state index contributed by atoms with van der Waals surface area (Å²) < 4.78 is 6.15. The maximum absolute atomic E-state index is 13.2. The number of carbonyl (C=O) groups excluding carboxylic acids is 1. The molecule has 0 radical (unpaired) electrons. The summed E-state index contributed by atoms with van der Waals surface area (Å²) in [4.78, 5) is 17.7. The molecule has 1 unspecified atom stereocenters. The number of fused-ring (bicyclic) bond motifs is 1. The third kappa shape index (κ3) is 4.68. The van der Waals surface area contributed by atoms with Crippen molar-refractivity contribution in [3.63, 3.8) is 0 Å². The Morgan fingerprint density at radius 1 is 0.706 bits per heavy atom. The van der Waals surface area contributed by atoms with E-state index in [0.29, 0.717) is 13.1 Å². The summed E-state index contributed by atoms with van der Waals surface area (Å²) in [5.74, 6) is 0.800. The van der Waals surface area contributed by atoms with Crippen LogP contribution in [0, 0.1) is 0 Å². The van der Waals surface area contributed by atoms with Crippen LogP contribution in [-0.2, 0) is 4.79 Å². The molecule has 5 rings (SSSR count). The Labute approximate surface area is 201 Å². The van der Waals surface area contributed by atoms with Gasteiger partial charge >= 0.3 is 0 Å². The highest BCUT2D eigenvalue weighted by atomic mass is 16.5. The van der Waals surface area contributed by atoms with Gasteiger partial charge in [-0.3, -0.25) is 9.69 Å². The van der Waals surface area contributed by atoms with Gasteiger partial charge in [-0.25, -0.2) is 0 Å². The first-order valence-corrected chi connectivity index (χ1v) is 12.0. The van der Waals surface area contributed by atoms with Crippen molar-refractivity contribution in [2.75, 3.05) is 26.2 Å². The van der Waals surface area contributed by atoms with Crippen LogP contribution in [-0.4, -0.2) is 48.0 Å². The van der Waals surface area contributed by atoms with Gasteiger partial charge in [-0.2, -0.15) is 0 Å². The first-order chi connectivity index (χ1) is 16.7. The number of carbonyl (C=O) groups is 1. The maximum atomic E-state index is 13.2. The van der Waals surface area contributed by atoms with Crippen molar-refractivity contribution in [1.82, 2.24) is 9.80 Å². The third-order valence-electron chi connectivity index (χ3n) is 6.62. The Hall–Kier alpha value is -3.63. The van der Waals surface area contributed by atoms with Crippen LogP contribution in [0.25, 0.3) is 10.8 Å². The number of hydrogen-bond donors (Lipinski definition) is 0. The molecule has 4 aromatic rings. The third-order valence-corrected chi connectivity index (χ3v) is 6.62. The Kier molecular flexibility index (Phi) is 6.59. The minimum atomic E-state index is -0.531. The molecule has 34 heavy (non-hydrogen) atoms. The summed E-state index contributed by atoms with van der Waals surface area (Å²) in [6.07, 6.45) is -0.531. The van der Waals surface area contributed by atoms with Gasteiger partial charge in [0.15, 0.2) is 6.10 Å². The van der Waals surface area contributed by atoms with Crippen LogP contribution in [0.5, 0.6) is 5.75 Å². The fourth-order valence-corrected chi connectivity index (χ4v) is 4.88.